The number of H-pyrrole nitrogens is 1. The number of hydrogen-bond acceptors (Lipinski definition) is 2. The second kappa shape index (κ2) is 5.89. The quantitative estimate of drug-likeness (QED) is 0.772. The van der Waals surface area contributed by atoms with Crippen LogP contribution in [0.1, 0.15) is 30.6 Å². The van der Waals surface area contributed by atoms with Crippen LogP contribution < -0.4 is 5.32 Å². The van der Waals surface area contributed by atoms with Gasteiger partial charge in [-0.1, -0.05) is 26.0 Å². The van der Waals surface area contributed by atoms with Crippen LogP contribution >= 0.6 is 0 Å². The van der Waals surface area contributed by atoms with Crippen molar-refractivity contribution in [3.8, 4) is 0 Å². The number of carbonyl (C=O) groups is 1. The van der Waals surface area contributed by atoms with Crippen LogP contribution in [0.25, 0.3) is 10.9 Å². The molecule has 19 heavy (non-hydrogen) atoms. The van der Waals surface area contributed by atoms with E-state index in [1.54, 1.807) is 6.07 Å². The van der Waals surface area contributed by atoms with E-state index in [4.69, 9.17) is 0 Å². The average Bonchev–Trinajstić information content (AvgIpc) is 2.83. The van der Waals surface area contributed by atoms with E-state index in [1.807, 2.05) is 38.2 Å². The molecule has 2 aromatic rings. The molecule has 0 aliphatic heterocycles. The Labute approximate surface area is 112 Å². The summed E-state index contributed by atoms with van der Waals surface area (Å²) in [7, 11) is 0. The van der Waals surface area contributed by atoms with E-state index in [9.17, 15) is 9.90 Å². The Balaban J connectivity index is 2.02. The lowest BCUT2D eigenvalue weighted by Gasteiger charge is -2.14. The highest BCUT2D eigenvalue weighted by molar-refractivity contribution is 6.05. The van der Waals surface area contributed by atoms with Gasteiger partial charge in [0.2, 0.25) is 0 Å². The number of para-hydroxylation sites is 1. The highest BCUT2D eigenvalue weighted by Gasteiger charge is 2.13. The maximum atomic E-state index is 12.1. The molecule has 4 nitrogen and oxygen atoms in total. The molecule has 0 aliphatic rings. The summed E-state index contributed by atoms with van der Waals surface area (Å²) >= 11 is 0. The molecule has 0 spiro atoms. The minimum atomic E-state index is -0.494. The Morgan fingerprint density at radius 1 is 1.37 bits per heavy atom. The van der Waals surface area contributed by atoms with E-state index in [0.717, 1.165) is 10.9 Å². The fourth-order valence-corrected chi connectivity index (χ4v) is 2.21. The topological polar surface area (TPSA) is 65.1 Å². The fraction of sp³-hybridized carbons (Fsp3) is 0.400. The Morgan fingerprint density at radius 2 is 2.16 bits per heavy atom. The summed E-state index contributed by atoms with van der Waals surface area (Å²) in [5.41, 5.74) is 1.44. The number of aliphatic hydroxyl groups is 1. The molecule has 102 valence electrons. The molecule has 0 radical (unpaired) electrons. The Bertz CT molecular complexity index is 560. The van der Waals surface area contributed by atoms with Crippen LogP contribution in [-0.4, -0.2) is 28.6 Å². The van der Waals surface area contributed by atoms with E-state index in [0.29, 0.717) is 17.9 Å². The zero-order chi connectivity index (χ0) is 13.8. The molecule has 0 aliphatic carbocycles. The van der Waals surface area contributed by atoms with E-state index in [2.05, 4.69) is 10.3 Å². The number of hydrogen-bond donors (Lipinski definition) is 3. The standard InChI is InChI=1S/C15H20N2O2/c1-10(2)8-12(18)9-17-15(19)13-5-3-4-11-6-7-16-14(11)13/h3-7,10,12,16,18H,8-9H2,1-2H3,(H,17,19)/t12-/m1/s1. The molecule has 2 rings (SSSR count). The summed E-state index contributed by atoms with van der Waals surface area (Å²) < 4.78 is 0. The molecule has 1 aromatic heterocycles. The number of aromatic amines is 1. The van der Waals surface area contributed by atoms with Crippen molar-refractivity contribution in [2.45, 2.75) is 26.4 Å². The zero-order valence-electron chi connectivity index (χ0n) is 11.3. The van der Waals surface area contributed by atoms with Crippen LogP contribution in [0.4, 0.5) is 0 Å². The first kappa shape index (κ1) is 13.6. The molecule has 0 saturated carbocycles. The summed E-state index contributed by atoms with van der Waals surface area (Å²) in [6.45, 7) is 4.38. The van der Waals surface area contributed by atoms with Gasteiger partial charge in [-0.25, -0.2) is 0 Å². The van der Waals surface area contributed by atoms with Gasteiger partial charge in [-0.2, -0.15) is 0 Å². The summed E-state index contributed by atoms with van der Waals surface area (Å²) in [6, 6.07) is 7.52. The van der Waals surface area contributed by atoms with Crippen LogP contribution in [0.3, 0.4) is 0 Å². The van der Waals surface area contributed by atoms with Crippen molar-refractivity contribution in [3.05, 3.63) is 36.0 Å². The van der Waals surface area contributed by atoms with Crippen LogP contribution in [0, 0.1) is 5.92 Å². The molecule has 1 heterocycles. The number of carbonyl (C=O) groups excluding carboxylic acids is 1. The number of amides is 1. The maximum Gasteiger partial charge on any atom is 0.253 e. The number of aromatic nitrogens is 1. The summed E-state index contributed by atoms with van der Waals surface area (Å²) in [5.74, 6) is 0.259. The van der Waals surface area contributed by atoms with Crippen LogP contribution in [0.15, 0.2) is 30.5 Å². The van der Waals surface area contributed by atoms with E-state index in [1.165, 1.54) is 0 Å². The van der Waals surface area contributed by atoms with Crippen molar-refractivity contribution >= 4 is 16.8 Å². The van der Waals surface area contributed by atoms with Crippen molar-refractivity contribution in [2.75, 3.05) is 6.54 Å². The third kappa shape index (κ3) is 3.35. The Kier molecular flexibility index (Phi) is 4.22. The van der Waals surface area contributed by atoms with Crippen molar-refractivity contribution in [1.82, 2.24) is 10.3 Å². The monoisotopic (exact) mass is 260 g/mol. The van der Waals surface area contributed by atoms with Crippen molar-refractivity contribution < 1.29 is 9.90 Å². The van der Waals surface area contributed by atoms with Gasteiger partial charge < -0.3 is 15.4 Å². The lowest BCUT2D eigenvalue weighted by Crippen LogP contribution is -2.32. The van der Waals surface area contributed by atoms with Gasteiger partial charge >= 0.3 is 0 Å². The molecule has 1 aromatic carbocycles. The largest absolute Gasteiger partial charge is 0.391 e. The van der Waals surface area contributed by atoms with Gasteiger partial charge in [0, 0.05) is 18.1 Å². The van der Waals surface area contributed by atoms with Gasteiger partial charge in [0.15, 0.2) is 0 Å². The van der Waals surface area contributed by atoms with Crippen LogP contribution in [0.2, 0.25) is 0 Å². The molecule has 3 N–H and O–H groups in total. The second-order valence-electron chi connectivity index (χ2n) is 5.24. The summed E-state index contributed by atoms with van der Waals surface area (Å²) in [6.07, 6.45) is 2.01. The first-order chi connectivity index (χ1) is 9.08. The molecular formula is C15H20N2O2. The van der Waals surface area contributed by atoms with Crippen LogP contribution in [-0.2, 0) is 0 Å². The SMILES string of the molecule is CC(C)C[C@@H](O)CNC(=O)c1cccc2cc[nH]c12. The van der Waals surface area contributed by atoms with Crippen molar-refractivity contribution in [3.63, 3.8) is 0 Å². The molecule has 1 amide bonds. The summed E-state index contributed by atoms with van der Waals surface area (Å²) in [4.78, 5) is 15.2. The molecule has 0 saturated heterocycles. The molecule has 1 atom stereocenters. The maximum absolute atomic E-state index is 12.1. The van der Waals surface area contributed by atoms with Gasteiger partial charge in [0.05, 0.1) is 17.2 Å². The summed E-state index contributed by atoms with van der Waals surface area (Å²) in [5, 5.41) is 13.6. The first-order valence-corrected chi connectivity index (χ1v) is 6.60. The molecular weight excluding hydrogens is 240 g/mol. The lowest BCUT2D eigenvalue weighted by molar-refractivity contribution is 0.0901. The normalized spacial score (nSPS) is 12.8. The van der Waals surface area contributed by atoms with E-state index >= 15 is 0 Å². The number of nitrogens with one attached hydrogen (secondary N) is 2. The lowest BCUT2D eigenvalue weighted by atomic mass is 10.1. The predicted octanol–water partition coefficient (Wildman–Crippen LogP) is 2.30. The third-order valence-electron chi connectivity index (χ3n) is 3.07. The molecule has 4 heteroatoms. The predicted molar refractivity (Wildman–Crippen MR) is 76.1 cm³/mol. The average molecular weight is 260 g/mol. The Hall–Kier alpha value is -1.81. The first-order valence-electron chi connectivity index (χ1n) is 6.60. The molecule has 0 fully saturated rings. The van der Waals surface area contributed by atoms with Crippen molar-refractivity contribution in [2.24, 2.45) is 5.92 Å². The number of fused-ring (bicyclic) bond motifs is 1. The number of benzene rings is 1. The van der Waals surface area contributed by atoms with Gasteiger partial charge in [-0.3, -0.25) is 4.79 Å². The third-order valence-corrected chi connectivity index (χ3v) is 3.07. The number of aliphatic hydroxyl groups excluding tert-OH is 1. The van der Waals surface area contributed by atoms with Gasteiger partial charge in [-0.15, -0.1) is 0 Å². The molecule has 0 bridgehead atoms. The smallest absolute Gasteiger partial charge is 0.253 e. The fourth-order valence-electron chi connectivity index (χ4n) is 2.21. The second-order valence-corrected chi connectivity index (χ2v) is 5.24. The Morgan fingerprint density at radius 3 is 2.89 bits per heavy atom. The molecule has 0 unspecified atom stereocenters. The van der Waals surface area contributed by atoms with Gasteiger partial charge in [0.25, 0.3) is 5.91 Å². The highest BCUT2D eigenvalue weighted by Crippen LogP contribution is 2.16. The van der Waals surface area contributed by atoms with Crippen LogP contribution in [0.5, 0.6) is 0 Å². The van der Waals surface area contributed by atoms with Crippen molar-refractivity contribution in [1.29, 1.82) is 0 Å². The van der Waals surface area contributed by atoms with E-state index in [-0.39, 0.29) is 12.5 Å². The van der Waals surface area contributed by atoms with Gasteiger partial charge in [-0.05, 0) is 24.5 Å². The minimum absolute atomic E-state index is 0.157. The minimum Gasteiger partial charge on any atom is -0.391 e. The highest BCUT2D eigenvalue weighted by atomic mass is 16.3. The number of rotatable bonds is 5. The van der Waals surface area contributed by atoms with E-state index < -0.39 is 6.10 Å². The zero-order valence-corrected chi connectivity index (χ0v) is 11.3. The van der Waals surface area contributed by atoms with Gasteiger partial charge in [0.1, 0.15) is 0 Å².